The van der Waals surface area contributed by atoms with E-state index in [9.17, 15) is 13.2 Å². The van der Waals surface area contributed by atoms with E-state index in [2.05, 4.69) is 22.7 Å². The molecule has 1 rings (SSSR count). The Morgan fingerprint density at radius 1 is 1.30 bits per heavy atom. The summed E-state index contributed by atoms with van der Waals surface area (Å²) in [5.41, 5.74) is 0. The molecule has 5 nitrogen and oxygen atoms in total. The van der Waals surface area contributed by atoms with E-state index in [1.54, 1.807) is 18.2 Å². The van der Waals surface area contributed by atoms with Gasteiger partial charge in [-0.15, -0.1) is 0 Å². The van der Waals surface area contributed by atoms with E-state index in [1.165, 1.54) is 12.1 Å². The molecule has 0 radical (unpaired) electrons. The molecular formula is C13H20N2O3S2. The van der Waals surface area contributed by atoms with Crippen molar-refractivity contribution in [2.45, 2.75) is 37.2 Å². The summed E-state index contributed by atoms with van der Waals surface area (Å²) >= 11 is 3.87. The molecule has 0 spiro atoms. The molecule has 1 amide bonds. The Hall–Kier alpha value is -1.05. The van der Waals surface area contributed by atoms with Crippen molar-refractivity contribution in [1.29, 1.82) is 0 Å². The number of hydrogen-bond acceptors (Lipinski definition) is 4. The van der Waals surface area contributed by atoms with Crippen molar-refractivity contribution in [3.8, 4) is 0 Å². The predicted molar refractivity (Wildman–Crippen MR) is 82.1 cm³/mol. The van der Waals surface area contributed by atoms with Crippen molar-refractivity contribution in [2.75, 3.05) is 5.75 Å². The Bertz CT molecular complexity index is 518. The lowest BCUT2D eigenvalue weighted by atomic mass is 10.2. The second kappa shape index (κ2) is 8.28. The van der Waals surface area contributed by atoms with Crippen LogP contribution in [0.25, 0.3) is 0 Å². The average Bonchev–Trinajstić information content (AvgIpc) is 2.45. The van der Waals surface area contributed by atoms with Crippen molar-refractivity contribution in [3.05, 3.63) is 30.3 Å². The number of nitrogens with one attached hydrogen (secondary N) is 2. The molecule has 0 aliphatic rings. The largest absolute Gasteiger partial charge is 0.339 e. The molecule has 1 unspecified atom stereocenters. The summed E-state index contributed by atoms with van der Waals surface area (Å²) in [5.74, 6) is -0.277. The molecule has 1 aromatic carbocycles. The van der Waals surface area contributed by atoms with Gasteiger partial charge in [-0.2, -0.15) is 17.4 Å². The van der Waals surface area contributed by atoms with E-state index in [1.807, 2.05) is 6.92 Å². The van der Waals surface area contributed by atoms with Crippen LogP contribution in [-0.4, -0.2) is 26.2 Å². The molecule has 0 aliphatic carbocycles. The van der Waals surface area contributed by atoms with E-state index in [4.69, 9.17) is 0 Å². The van der Waals surface area contributed by atoms with Crippen LogP contribution in [-0.2, 0) is 14.8 Å². The Kier molecular flexibility index (Phi) is 7.04. The summed E-state index contributed by atoms with van der Waals surface area (Å²) in [6, 6.07) is 8.08. The van der Waals surface area contributed by atoms with Crippen LogP contribution in [0.15, 0.2) is 35.2 Å². The third-order valence-electron chi connectivity index (χ3n) is 2.68. The zero-order valence-corrected chi connectivity index (χ0v) is 13.1. The van der Waals surface area contributed by atoms with Gasteiger partial charge in [-0.05, 0) is 18.6 Å². The van der Waals surface area contributed by atoms with Gasteiger partial charge in [0.1, 0.15) is 0 Å². The monoisotopic (exact) mass is 316 g/mol. The van der Waals surface area contributed by atoms with E-state index in [0.29, 0.717) is 6.42 Å². The number of unbranched alkanes of at least 4 members (excludes halogenated alkanes) is 1. The topological polar surface area (TPSA) is 75.3 Å². The smallest absolute Gasteiger partial charge is 0.242 e. The molecule has 7 heteroatoms. The first-order valence-electron chi connectivity index (χ1n) is 6.47. The van der Waals surface area contributed by atoms with Crippen LogP contribution in [0, 0.1) is 0 Å². The number of amides is 1. The number of carbonyl (C=O) groups excluding carboxylic acids is 1. The lowest BCUT2D eigenvalue weighted by molar-refractivity contribution is -0.119. The first kappa shape index (κ1) is 17.0. The molecule has 0 fully saturated rings. The first-order chi connectivity index (χ1) is 9.49. The summed E-state index contributed by atoms with van der Waals surface area (Å²) in [5, 5.41) is 2.62. The van der Waals surface area contributed by atoms with E-state index < -0.39 is 16.2 Å². The highest BCUT2D eigenvalue weighted by molar-refractivity contribution is 7.89. The maximum atomic E-state index is 12.2. The quantitative estimate of drug-likeness (QED) is 0.503. The zero-order valence-electron chi connectivity index (χ0n) is 11.4. The normalized spacial score (nSPS) is 12.9. The van der Waals surface area contributed by atoms with Gasteiger partial charge < -0.3 is 5.32 Å². The van der Waals surface area contributed by atoms with E-state index in [-0.39, 0.29) is 16.6 Å². The third-order valence-corrected chi connectivity index (χ3v) is 4.45. The SMILES string of the molecule is CCCCC(NC(=O)CS)NS(=O)(=O)c1ccccc1. The van der Waals surface area contributed by atoms with Crippen LogP contribution in [0.5, 0.6) is 0 Å². The van der Waals surface area contributed by atoms with Crippen LogP contribution in [0.4, 0.5) is 0 Å². The minimum atomic E-state index is -3.63. The summed E-state index contributed by atoms with van der Waals surface area (Å²) in [7, 11) is -3.63. The molecular weight excluding hydrogens is 296 g/mol. The third kappa shape index (κ3) is 5.52. The molecule has 0 saturated heterocycles. The van der Waals surface area contributed by atoms with Gasteiger partial charge in [0, 0.05) is 0 Å². The molecule has 112 valence electrons. The second-order valence-corrected chi connectivity index (χ2v) is 6.38. The Morgan fingerprint density at radius 3 is 2.50 bits per heavy atom. The van der Waals surface area contributed by atoms with E-state index >= 15 is 0 Å². The van der Waals surface area contributed by atoms with Gasteiger partial charge in [0.25, 0.3) is 0 Å². The van der Waals surface area contributed by atoms with Crippen molar-refractivity contribution in [2.24, 2.45) is 0 Å². The lowest BCUT2D eigenvalue weighted by Gasteiger charge is -2.19. The van der Waals surface area contributed by atoms with Crippen LogP contribution < -0.4 is 10.0 Å². The number of sulfonamides is 1. The van der Waals surface area contributed by atoms with Gasteiger partial charge in [-0.1, -0.05) is 38.0 Å². The summed E-state index contributed by atoms with van der Waals surface area (Å²) in [6.07, 6.45) is 1.66. The molecule has 1 atom stereocenters. The molecule has 1 aromatic rings. The summed E-state index contributed by atoms with van der Waals surface area (Å²) < 4.78 is 26.9. The maximum Gasteiger partial charge on any atom is 0.242 e. The number of benzene rings is 1. The highest BCUT2D eigenvalue weighted by atomic mass is 32.2. The van der Waals surface area contributed by atoms with Crippen molar-refractivity contribution in [3.63, 3.8) is 0 Å². The van der Waals surface area contributed by atoms with Gasteiger partial charge in [0.15, 0.2) is 0 Å². The van der Waals surface area contributed by atoms with Crippen LogP contribution in [0.1, 0.15) is 26.2 Å². The predicted octanol–water partition coefficient (Wildman–Crippen LogP) is 1.53. The molecule has 0 saturated carbocycles. The maximum absolute atomic E-state index is 12.2. The fraction of sp³-hybridized carbons (Fsp3) is 0.462. The molecule has 0 bridgehead atoms. The van der Waals surface area contributed by atoms with E-state index in [0.717, 1.165) is 12.8 Å². The van der Waals surface area contributed by atoms with Crippen LogP contribution in [0.2, 0.25) is 0 Å². The minimum absolute atomic E-state index is 0.0235. The van der Waals surface area contributed by atoms with Gasteiger partial charge in [0.2, 0.25) is 15.9 Å². The fourth-order valence-corrected chi connectivity index (χ4v) is 2.96. The highest BCUT2D eigenvalue weighted by Crippen LogP contribution is 2.09. The molecule has 0 aromatic heterocycles. The number of rotatable bonds is 8. The zero-order chi connectivity index (χ0) is 15.0. The Morgan fingerprint density at radius 2 is 1.95 bits per heavy atom. The number of thiol groups is 1. The van der Waals surface area contributed by atoms with Crippen molar-refractivity contribution >= 4 is 28.6 Å². The van der Waals surface area contributed by atoms with Gasteiger partial charge in [0.05, 0.1) is 16.8 Å². The summed E-state index contributed by atoms with van der Waals surface area (Å²) in [6.45, 7) is 2.00. The molecule has 20 heavy (non-hydrogen) atoms. The molecule has 0 heterocycles. The molecule has 2 N–H and O–H groups in total. The number of carbonyl (C=O) groups is 1. The minimum Gasteiger partial charge on any atom is -0.339 e. The van der Waals surface area contributed by atoms with Crippen molar-refractivity contribution < 1.29 is 13.2 Å². The Labute approximate surface area is 125 Å². The second-order valence-electron chi connectivity index (χ2n) is 4.35. The van der Waals surface area contributed by atoms with Gasteiger partial charge in [-0.25, -0.2) is 8.42 Å². The average molecular weight is 316 g/mol. The fourth-order valence-electron chi connectivity index (χ4n) is 1.66. The first-order valence-corrected chi connectivity index (χ1v) is 8.58. The van der Waals surface area contributed by atoms with Crippen LogP contribution in [0.3, 0.4) is 0 Å². The standard InChI is InChI=1S/C13H20N2O3S2/c1-2-3-9-12(14-13(16)10-19)15-20(17,18)11-7-5-4-6-8-11/h4-8,12,15,19H,2-3,9-10H2,1H3,(H,14,16). The lowest BCUT2D eigenvalue weighted by Crippen LogP contribution is -2.48. The number of hydrogen-bond donors (Lipinski definition) is 3. The summed E-state index contributed by atoms with van der Waals surface area (Å²) in [4.78, 5) is 11.6. The van der Waals surface area contributed by atoms with Gasteiger partial charge >= 0.3 is 0 Å². The van der Waals surface area contributed by atoms with Crippen LogP contribution >= 0.6 is 12.6 Å². The molecule has 0 aliphatic heterocycles. The van der Waals surface area contributed by atoms with Gasteiger partial charge in [-0.3, -0.25) is 4.79 Å². The highest BCUT2D eigenvalue weighted by Gasteiger charge is 2.20. The van der Waals surface area contributed by atoms with Crippen molar-refractivity contribution in [1.82, 2.24) is 10.0 Å². The Balaban J connectivity index is 2.80.